The number of rotatable bonds is 6. The first-order valence-electron chi connectivity index (χ1n) is 15.4. The average molecular weight is 693 g/mol. The van der Waals surface area contributed by atoms with Crippen LogP contribution < -0.4 is 20.0 Å². The molecule has 14 heteroatoms. The maximum atomic E-state index is 14.5. The number of phenols is 1. The normalized spacial score (nSPS) is 29.4. The Morgan fingerprint density at radius 3 is 2.33 bits per heavy atom. The van der Waals surface area contributed by atoms with E-state index in [-0.39, 0.29) is 47.8 Å². The number of alkyl halides is 2. The number of allylic oxidation sites excluding steroid dienone is 2. The van der Waals surface area contributed by atoms with Crippen molar-refractivity contribution < 1.29 is 43.5 Å². The lowest BCUT2D eigenvalue weighted by atomic mass is 9.56. The van der Waals surface area contributed by atoms with Crippen LogP contribution >= 0.6 is 23.2 Å². The number of carbonyl (C=O) groups excluding carboxylic acids is 4. The Labute approximate surface area is 284 Å². The van der Waals surface area contributed by atoms with E-state index in [1.165, 1.54) is 54.6 Å². The van der Waals surface area contributed by atoms with E-state index in [1.807, 2.05) is 0 Å². The van der Waals surface area contributed by atoms with E-state index in [4.69, 9.17) is 27.9 Å². The number of carbonyl (C=O) groups is 4. The molecule has 3 fully saturated rings. The number of halogens is 3. The molecule has 7 rings (SSSR count). The van der Waals surface area contributed by atoms with E-state index in [1.54, 1.807) is 13.0 Å². The third-order valence-corrected chi connectivity index (χ3v) is 11.4. The first kappa shape index (κ1) is 32.3. The number of anilines is 2. The van der Waals surface area contributed by atoms with Crippen LogP contribution in [0.25, 0.3) is 0 Å². The number of hydrogen-bond acceptors (Lipinski definition) is 8. The van der Waals surface area contributed by atoms with Crippen molar-refractivity contribution in [2.45, 2.75) is 35.4 Å². The van der Waals surface area contributed by atoms with E-state index < -0.39 is 70.0 Å². The Bertz CT molecular complexity index is 1920. The highest BCUT2D eigenvalue weighted by molar-refractivity contribution is 6.59. The fourth-order valence-electron chi connectivity index (χ4n) is 7.83. The fourth-order valence-corrected chi connectivity index (χ4v) is 8.77. The van der Waals surface area contributed by atoms with Crippen molar-refractivity contribution in [1.82, 2.24) is 0 Å². The first-order chi connectivity index (χ1) is 22.8. The number of hydrogen-bond donors (Lipinski definition) is 3. The van der Waals surface area contributed by atoms with E-state index in [0.717, 1.165) is 21.9 Å². The van der Waals surface area contributed by atoms with Gasteiger partial charge in [-0.1, -0.05) is 29.8 Å². The van der Waals surface area contributed by atoms with Gasteiger partial charge >= 0.3 is 7.12 Å². The summed E-state index contributed by atoms with van der Waals surface area (Å²) in [6.45, 7) is 1.93. The highest BCUT2D eigenvalue weighted by Gasteiger charge is 2.76. The molecule has 4 amide bonds. The Kier molecular flexibility index (Phi) is 7.71. The molecule has 0 radical (unpaired) electrons. The van der Waals surface area contributed by atoms with Crippen LogP contribution in [0, 0.1) is 23.6 Å². The molecular formula is C34H28BCl2FN2O8. The zero-order valence-electron chi connectivity index (χ0n) is 25.3. The highest BCUT2D eigenvalue weighted by atomic mass is 35.5. The quantitative estimate of drug-likeness (QED) is 0.154. The molecule has 3 aromatic carbocycles. The second kappa shape index (κ2) is 11.4. The smallest absolute Gasteiger partial charge is 0.488 e. The number of nitrogens with zero attached hydrogens (tertiary/aromatic N) is 2. The van der Waals surface area contributed by atoms with Gasteiger partial charge in [-0.25, -0.2) is 9.29 Å². The minimum Gasteiger partial charge on any atom is -0.504 e. The van der Waals surface area contributed by atoms with Crippen LogP contribution in [0.15, 0.2) is 78.4 Å². The van der Waals surface area contributed by atoms with Gasteiger partial charge in [0.1, 0.15) is 5.82 Å². The molecule has 1 saturated carbocycles. The van der Waals surface area contributed by atoms with Gasteiger partial charge in [-0.05, 0) is 85.2 Å². The third kappa shape index (κ3) is 4.46. The lowest BCUT2D eigenvalue weighted by molar-refractivity contribution is -0.125. The molecule has 6 atom stereocenters. The minimum absolute atomic E-state index is 0.0550. The summed E-state index contributed by atoms with van der Waals surface area (Å²) in [6, 6.07) is 14.9. The number of benzene rings is 3. The van der Waals surface area contributed by atoms with Crippen LogP contribution in [-0.2, 0) is 19.2 Å². The molecule has 2 heterocycles. The SMILES string of the molecule is CCOc1cc([C@H]2C3=CC[C@@H]4C(=O)N(c5cccc(B(O)O)c5)C(=O)[C@@H]4[C@@H]3C[C@@]3(Cl)C(=O)N(c4ccc(F)cc4)C(=O)[C@@]23Cl)ccc1O. The van der Waals surface area contributed by atoms with Gasteiger partial charge in [0, 0.05) is 5.92 Å². The minimum atomic E-state index is -2.15. The monoisotopic (exact) mass is 692 g/mol. The lowest BCUT2D eigenvalue weighted by Crippen LogP contribution is -2.60. The number of ether oxygens (including phenoxy) is 1. The number of amides is 4. The average Bonchev–Trinajstić information content (AvgIpc) is 3.40. The molecule has 48 heavy (non-hydrogen) atoms. The zero-order valence-corrected chi connectivity index (χ0v) is 26.9. The maximum absolute atomic E-state index is 14.5. The van der Waals surface area contributed by atoms with Crippen molar-refractivity contribution in [3.05, 3.63) is 89.8 Å². The Balaban J connectivity index is 1.39. The molecule has 2 aliphatic carbocycles. The molecule has 4 aliphatic rings. The van der Waals surface area contributed by atoms with Crippen LogP contribution in [-0.4, -0.2) is 62.3 Å². The standard InChI is InChI=1S/C34H28BCl2FN2O8/c1-2-48-26-14-17(6-13-25(26)41)28-22-11-12-23-27(30(43)39(29(23)42)21-5-3-4-18(15-21)35(46)47)24(22)16-33(36)31(44)40(32(45)34(28,33)37)20-9-7-19(38)8-10-20/h3-11,13-15,23-24,27-28,41,46-47H,2,12,16H2,1H3/t23-,24+,27-,28-,33+,34-/m0/s1. The molecule has 2 aliphatic heterocycles. The molecule has 0 bridgehead atoms. The molecule has 10 nitrogen and oxygen atoms in total. The number of phenolic OH excluding ortho intramolecular Hbond substituents is 1. The Morgan fingerprint density at radius 1 is 0.917 bits per heavy atom. The van der Waals surface area contributed by atoms with Gasteiger partial charge in [0.05, 0.1) is 29.8 Å². The van der Waals surface area contributed by atoms with Crippen LogP contribution in [0.5, 0.6) is 11.5 Å². The van der Waals surface area contributed by atoms with E-state index in [9.17, 15) is 38.7 Å². The van der Waals surface area contributed by atoms with Crippen molar-refractivity contribution in [3.63, 3.8) is 0 Å². The van der Waals surface area contributed by atoms with Crippen molar-refractivity contribution in [2.24, 2.45) is 17.8 Å². The molecule has 2 saturated heterocycles. The van der Waals surface area contributed by atoms with Crippen LogP contribution in [0.2, 0.25) is 0 Å². The van der Waals surface area contributed by atoms with Gasteiger partial charge in [0.2, 0.25) is 11.8 Å². The molecule has 0 aromatic heterocycles. The Morgan fingerprint density at radius 2 is 1.65 bits per heavy atom. The first-order valence-corrected chi connectivity index (χ1v) is 16.1. The van der Waals surface area contributed by atoms with Crippen molar-refractivity contribution in [1.29, 1.82) is 0 Å². The number of fused-ring (bicyclic) bond motifs is 4. The molecule has 3 N–H and O–H groups in total. The van der Waals surface area contributed by atoms with Gasteiger partial charge < -0.3 is 19.9 Å². The van der Waals surface area contributed by atoms with Crippen molar-refractivity contribution in [3.8, 4) is 11.5 Å². The van der Waals surface area contributed by atoms with Gasteiger partial charge in [-0.3, -0.25) is 24.1 Å². The topological polar surface area (TPSA) is 145 Å². The fraction of sp³-hybridized carbons (Fsp3) is 0.294. The summed E-state index contributed by atoms with van der Waals surface area (Å²) in [5, 5.41) is 29.9. The van der Waals surface area contributed by atoms with E-state index >= 15 is 0 Å². The summed E-state index contributed by atoms with van der Waals surface area (Å²) >= 11 is 14.8. The summed E-state index contributed by atoms with van der Waals surface area (Å²) in [5.41, 5.74) is 1.20. The van der Waals surface area contributed by atoms with Gasteiger partial charge in [-0.2, -0.15) is 0 Å². The molecular weight excluding hydrogens is 665 g/mol. The van der Waals surface area contributed by atoms with Gasteiger partial charge in [0.15, 0.2) is 21.2 Å². The van der Waals surface area contributed by atoms with E-state index in [0.29, 0.717) is 11.1 Å². The third-order valence-electron chi connectivity index (χ3n) is 9.94. The number of imide groups is 2. The predicted molar refractivity (Wildman–Crippen MR) is 175 cm³/mol. The highest BCUT2D eigenvalue weighted by Crippen LogP contribution is 2.66. The van der Waals surface area contributed by atoms with Crippen LogP contribution in [0.3, 0.4) is 0 Å². The predicted octanol–water partition coefficient (Wildman–Crippen LogP) is 3.38. The molecule has 0 unspecified atom stereocenters. The van der Waals surface area contributed by atoms with Crippen LogP contribution in [0.1, 0.15) is 31.2 Å². The summed E-state index contributed by atoms with van der Waals surface area (Å²) in [4.78, 5) is 54.6. The Hall–Kier alpha value is -4.23. The van der Waals surface area contributed by atoms with Crippen LogP contribution in [0.4, 0.5) is 15.8 Å². The maximum Gasteiger partial charge on any atom is 0.488 e. The van der Waals surface area contributed by atoms with Crippen molar-refractivity contribution in [2.75, 3.05) is 16.4 Å². The largest absolute Gasteiger partial charge is 0.504 e. The summed E-state index contributed by atoms with van der Waals surface area (Å²) in [5.74, 6) is -7.22. The van der Waals surface area contributed by atoms with E-state index in [2.05, 4.69) is 0 Å². The van der Waals surface area contributed by atoms with Gasteiger partial charge in [-0.15, -0.1) is 23.2 Å². The number of aromatic hydroxyl groups is 1. The second-order valence-electron chi connectivity index (χ2n) is 12.4. The zero-order chi connectivity index (χ0) is 34.3. The second-order valence-corrected chi connectivity index (χ2v) is 13.6. The van der Waals surface area contributed by atoms with Crippen molar-refractivity contribution >= 4 is 70.8 Å². The summed E-state index contributed by atoms with van der Waals surface area (Å²) < 4.78 is 19.5. The molecule has 246 valence electrons. The van der Waals surface area contributed by atoms with Gasteiger partial charge in [0.25, 0.3) is 11.8 Å². The lowest BCUT2D eigenvalue weighted by Gasteiger charge is -2.50. The molecule has 0 spiro atoms. The molecule has 3 aromatic rings. The summed E-state index contributed by atoms with van der Waals surface area (Å²) in [6.07, 6.45) is 1.60. The summed E-state index contributed by atoms with van der Waals surface area (Å²) in [7, 11) is -1.83.